The average molecular weight is 286 g/mol. The van der Waals surface area contributed by atoms with Crippen LogP contribution in [0.4, 0.5) is 17.3 Å². The Morgan fingerprint density at radius 2 is 1.90 bits per heavy atom. The zero-order valence-electron chi connectivity index (χ0n) is 11.8. The van der Waals surface area contributed by atoms with E-state index in [9.17, 15) is 4.79 Å². The normalized spacial score (nSPS) is 9.95. The molecule has 5 N–H and O–H groups in total. The lowest BCUT2D eigenvalue weighted by molar-refractivity contribution is -0.119. The van der Waals surface area contributed by atoms with Crippen LogP contribution in [-0.2, 0) is 11.2 Å². The Morgan fingerprint density at radius 3 is 2.62 bits per heavy atom. The molecule has 7 nitrogen and oxygen atoms in total. The first-order valence-electron chi connectivity index (χ1n) is 6.63. The van der Waals surface area contributed by atoms with Crippen LogP contribution in [0.3, 0.4) is 0 Å². The van der Waals surface area contributed by atoms with Gasteiger partial charge in [0.1, 0.15) is 12.0 Å². The predicted molar refractivity (Wildman–Crippen MR) is 82.5 cm³/mol. The third kappa shape index (κ3) is 4.07. The topological polar surface area (TPSA) is 105 Å². The molecule has 1 heterocycles. The monoisotopic (exact) mass is 286 g/mol. The smallest absolute Gasteiger partial charge is 0.242 e. The van der Waals surface area contributed by atoms with E-state index in [2.05, 4.69) is 26.1 Å². The lowest BCUT2D eigenvalue weighted by atomic mass is 10.1. The summed E-state index contributed by atoms with van der Waals surface area (Å²) < 4.78 is 0. The number of nitrogens with zero attached hydrogens (tertiary/aromatic N) is 2. The molecule has 2 aromatic rings. The molecule has 0 saturated carbocycles. The standard InChI is InChI=1S/C14H18N6O/c1-2-16-13-12(15)14(18-9-17-13)20-19-11(21)8-10-6-4-3-5-7-10/h3-7,9H,2,8,15H2,1H3,(H,19,21)(H2,16,17,18,20). The minimum atomic E-state index is -0.177. The number of amides is 1. The lowest BCUT2D eigenvalue weighted by Gasteiger charge is -2.12. The predicted octanol–water partition coefficient (Wildman–Crippen LogP) is 1.18. The SMILES string of the molecule is CCNc1ncnc(NNC(=O)Cc2ccccc2)c1N. The van der Waals surface area contributed by atoms with Gasteiger partial charge in [0.15, 0.2) is 11.6 Å². The first-order chi connectivity index (χ1) is 10.2. The number of carbonyl (C=O) groups is 1. The molecule has 21 heavy (non-hydrogen) atoms. The fourth-order valence-corrected chi connectivity index (χ4v) is 1.76. The van der Waals surface area contributed by atoms with Crippen LogP contribution in [0.25, 0.3) is 0 Å². The molecule has 7 heteroatoms. The van der Waals surface area contributed by atoms with E-state index in [-0.39, 0.29) is 12.3 Å². The third-order valence-electron chi connectivity index (χ3n) is 2.76. The maximum Gasteiger partial charge on any atom is 0.242 e. The first kappa shape index (κ1) is 14.6. The molecular formula is C14H18N6O. The van der Waals surface area contributed by atoms with Crippen LogP contribution in [0, 0.1) is 0 Å². The van der Waals surface area contributed by atoms with E-state index in [0.29, 0.717) is 23.9 Å². The summed E-state index contributed by atoms with van der Waals surface area (Å²) in [6.07, 6.45) is 1.65. The van der Waals surface area contributed by atoms with E-state index in [1.807, 2.05) is 37.3 Å². The molecule has 0 atom stereocenters. The van der Waals surface area contributed by atoms with Gasteiger partial charge >= 0.3 is 0 Å². The Balaban J connectivity index is 1.94. The van der Waals surface area contributed by atoms with E-state index in [4.69, 9.17) is 5.73 Å². The van der Waals surface area contributed by atoms with Crippen molar-refractivity contribution in [1.82, 2.24) is 15.4 Å². The summed E-state index contributed by atoms with van der Waals surface area (Å²) in [5, 5.41) is 3.01. The molecule has 110 valence electrons. The number of nitrogens with two attached hydrogens (primary N) is 1. The Kier molecular flexibility index (Phi) is 4.92. The average Bonchev–Trinajstić information content (AvgIpc) is 2.49. The van der Waals surface area contributed by atoms with Crippen LogP contribution >= 0.6 is 0 Å². The van der Waals surface area contributed by atoms with Gasteiger partial charge in [-0.15, -0.1) is 0 Å². The lowest BCUT2D eigenvalue weighted by Crippen LogP contribution is -2.31. The number of anilines is 3. The summed E-state index contributed by atoms with van der Waals surface area (Å²) in [7, 11) is 0. The molecule has 0 aliphatic rings. The summed E-state index contributed by atoms with van der Waals surface area (Å²) in [5.41, 5.74) is 12.5. The van der Waals surface area contributed by atoms with Crippen molar-refractivity contribution in [3.8, 4) is 0 Å². The number of nitrogen functional groups attached to an aromatic ring is 1. The summed E-state index contributed by atoms with van der Waals surface area (Å²) in [5.74, 6) is 0.721. The van der Waals surface area contributed by atoms with Crippen molar-refractivity contribution in [3.05, 3.63) is 42.2 Å². The summed E-state index contributed by atoms with van der Waals surface area (Å²) in [6, 6.07) is 9.47. The van der Waals surface area contributed by atoms with Gasteiger partial charge in [0.2, 0.25) is 5.91 Å². The third-order valence-corrected chi connectivity index (χ3v) is 2.76. The minimum Gasteiger partial charge on any atom is -0.393 e. The molecule has 2 rings (SSSR count). The van der Waals surface area contributed by atoms with E-state index in [1.54, 1.807) is 0 Å². The van der Waals surface area contributed by atoms with E-state index >= 15 is 0 Å². The van der Waals surface area contributed by atoms with Crippen molar-refractivity contribution in [2.75, 3.05) is 23.0 Å². The maximum absolute atomic E-state index is 11.8. The van der Waals surface area contributed by atoms with Gasteiger partial charge in [0, 0.05) is 6.54 Å². The molecule has 1 aromatic carbocycles. The van der Waals surface area contributed by atoms with Gasteiger partial charge in [-0.25, -0.2) is 9.97 Å². The zero-order chi connectivity index (χ0) is 15.1. The Hall–Kier alpha value is -2.83. The molecule has 1 amide bonds. The number of rotatable bonds is 6. The van der Waals surface area contributed by atoms with Crippen LogP contribution in [0.1, 0.15) is 12.5 Å². The number of hydrogen-bond acceptors (Lipinski definition) is 6. The minimum absolute atomic E-state index is 0.177. The Bertz CT molecular complexity index is 602. The van der Waals surface area contributed by atoms with Crippen LogP contribution in [0.5, 0.6) is 0 Å². The number of aromatic nitrogens is 2. The van der Waals surface area contributed by atoms with E-state index in [0.717, 1.165) is 5.56 Å². The molecule has 0 bridgehead atoms. The van der Waals surface area contributed by atoms with E-state index in [1.165, 1.54) is 6.33 Å². The molecular weight excluding hydrogens is 268 g/mol. The second kappa shape index (κ2) is 7.09. The molecule has 0 unspecified atom stereocenters. The number of hydrogen-bond donors (Lipinski definition) is 4. The highest BCUT2D eigenvalue weighted by Gasteiger charge is 2.08. The highest BCUT2D eigenvalue weighted by molar-refractivity contribution is 5.81. The number of benzene rings is 1. The fourth-order valence-electron chi connectivity index (χ4n) is 1.76. The highest BCUT2D eigenvalue weighted by Crippen LogP contribution is 2.21. The second-order valence-corrected chi connectivity index (χ2v) is 4.35. The number of nitrogens with one attached hydrogen (secondary N) is 3. The van der Waals surface area contributed by atoms with Crippen molar-refractivity contribution in [1.29, 1.82) is 0 Å². The zero-order valence-corrected chi connectivity index (χ0v) is 11.8. The Morgan fingerprint density at radius 1 is 1.19 bits per heavy atom. The van der Waals surface area contributed by atoms with Crippen molar-refractivity contribution in [2.45, 2.75) is 13.3 Å². The van der Waals surface area contributed by atoms with Gasteiger partial charge in [-0.1, -0.05) is 30.3 Å². The first-order valence-corrected chi connectivity index (χ1v) is 6.63. The molecule has 1 aromatic heterocycles. The molecule has 0 saturated heterocycles. The quantitative estimate of drug-likeness (QED) is 0.594. The largest absolute Gasteiger partial charge is 0.393 e. The van der Waals surface area contributed by atoms with Gasteiger partial charge in [-0.3, -0.25) is 15.6 Å². The molecule has 0 aliphatic heterocycles. The summed E-state index contributed by atoms with van der Waals surface area (Å²) in [4.78, 5) is 19.9. The van der Waals surface area contributed by atoms with Gasteiger partial charge in [-0.05, 0) is 12.5 Å². The van der Waals surface area contributed by atoms with Crippen molar-refractivity contribution >= 4 is 23.2 Å². The van der Waals surface area contributed by atoms with Crippen LogP contribution in [0.15, 0.2) is 36.7 Å². The van der Waals surface area contributed by atoms with Gasteiger partial charge in [0.05, 0.1) is 6.42 Å². The fraction of sp³-hybridized carbons (Fsp3) is 0.214. The molecule has 0 aliphatic carbocycles. The van der Waals surface area contributed by atoms with Gasteiger partial charge in [-0.2, -0.15) is 0 Å². The highest BCUT2D eigenvalue weighted by atomic mass is 16.2. The van der Waals surface area contributed by atoms with Crippen molar-refractivity contribution in [3.63, 3.8) is 0 Å². The second-order valence-electron chi connectivity index (χ2n) is 4.35. The molecule has 0 radical (unpaired) electrons. The summed E-state index contributed by atoms with van der Waals surface area (Å²) >= 11 is 0. The maximum atomic E-state index is 11.8. The number of carbonyl (C=O) groups excluding carboxylic acids is 1. The van der Waals surface area contributed by atoms with E-state index < -0.39 is 0 Å². The number of hydrazine groups is 1. The molecule has 0 fully saturated rings. The van der Waals surface area contributed by atoms with Crippen molar-refractivity contribution in [2.24, 2.45) is 0 Å². The van der Waals surface area contributed by atoms with Crippen LogP contribution in [0.2, 0.25) is 0 Å². The van der Waals surface area contributed by atoms with Gasteiger partial charge in [0.25, 0.3) is 0 Å². The Labute approximate surface area is 123 Å². The van der Waals surface area contributed by atoms with Crippen LogP contribution < -0.4 is 21.9 Å². The van der Waals surface area contributed by atoms with Crippen LogP contribution in [-0.4, -0.2) is 22.4 Å². The molecule has 0 spiro atoms. The van der Waals surface area contributed by atoms with Gasteiger partial charge < -0.3 is 11.1 Å². The summed E-state index contributed by atoms with van der Waals surface area (Å²) in [6.45, 7) is 2.64. The van der Waals surface area contributed by atoms with Crippen molar-refractivity contribution < 1.29 is 4.79 Å².